The van der Waals surface area contributed by atoms with Crippen LogP contribution in [0.25, 0.3) is 0 Å². The van der Waals surface area contributed by atoms with Crippen molar-refractivity contribution in [3.8, 4) is 0 Å². The third-order valence-electron chi connectivity index (χ3n) is 5.23. The molecular weight excluding hydrogens is 364 g/mol. The lowest BCUT2D eigenvalue weighted by Gasteiger charge is -2.20. The fourth-order valence-electron chi connectivity index (χ4n) is 3.60. The summed E-state index contributed by atoms with van der Waals surface area (Å²) < 4.78 is 24.7. The molecule has 0 spiro atoms. The number of hydrogen-bond donors (Lipinski definition) is 2. The summed E-state index contributed by atoms with van der Waals surface area (Å²) in [5, 5.41) is 4.76. The first-order chi connectivity index (χ1) is 12.9. The maximum Gasteiger partial charge on any atom is 0.321 e. The molecule has 1 aliphatic rings. The van der Waals surface area contributed by atoms with E-state index in [2.05, 4.69) is 10.6 Å². The minimum absolute atomic E-state index is 0.130. The summed E-state index contributed by atoms with van der Waals surface area (Å²) in [7, 11) is -1.83. The Balaban J connectivity index is 2.20. The van der Waals surface area contributed by atoms with E-state index in [4.69, 9.17) is 0 Å². The molecular formula is C20H30N2O4S. The quantitative estimate of drug-likeness (QED) is 0.707. The number of rotatable bonds is 8. The highest BCUT2D eigenvalue weighted by molar-refractivity contribution is 7.91. The van der Waals surface area contributed by atoms with Gasteiger partial charge in [0.2, 0.25) is 5.91 Å². The number of imide groups is 1. The van der Waals surface area contributed by atoms with Crippen molar-refractivity contribution >= 4 is 21.8 Å². The normalized spacial score (nSPS) is 16.1. The minimum atomic E-state index is -3.30. The number of amides is 3. The molecule has 0 bridgehead atoms. The van der Waals surface area contributed by atoms with E-state index in [0.29, 0.717) is 18.8 Å². The van der Waals surface area contributed by atoms with E-state index in [-0.39, 0.29) is 16.6 Å². The van der Waals surface area contributed by atoms with Crippen molar-refractivity contribution < 1.29 is 18.0 Å². The van der Waals surface area contributed by atoms with Gasteiger partial charge < -0.3 is 5.32 Å². The van der Waals surface area contributed by atoms with Crippen molar-refractivity contribution in [2.45, 2.75) is 62.7 Å². The van der Waals surface area contributed by atoms with Gasteiger partial charge in [0, 0.05) is 7.05 Å². The number of hydrogen-bond acceptors (Lipinski definition) is 4. The molecule has 1 aromatic carbocycles. The summed E-state index contributed by atoms with van der Waals surface area (Å²) in [5.74, 6) is -0.218. The highest BCUT2D eigenvalue weighted by Crippen LogP contribution is 2.34. The summed E-state index contributed by atoms with van der Waals surface area (Å²) in [6, 6.07) is 6.05. The fourth-order valence-corrected chi connectivity index (χ4v) is 5.05. The Morgan fingerprint density at radius 1 is 1.15 bits per heavy atom. The molecule has 27 heavy (non-hydrogen) atoms. The molecule has 0 aromatic heterocycles. The van der Waals surface area contributed by atoms with Gasteiger partial charge in [-0.15, -0.1) is 0 Å². The van der Waals surface area contributed by atoms with Crippen LogP contribution in [-0.4, -0.2) is 33.2 Å². The molecule has 7 heteroatoms. The molecule has 1 atom stereocenters. The van der Waals surface area contributed by atoms with E-state index in [0.717, 1.165) is 24.8 Å². The molecule has 6 nitrogen and oxygen atoms in total. The van der Waals surface area contributed by atoms with Crippen LogP contribution in [0.4, 0.5) is 4.79 Å². The third kappa shape index (κ3) is 6.06. The van der Waals surface area contributed by atoms with Crippen molar-refractivity contribution in [2.24, 2.45) is 5.92 Å². The van der Waals surface area contributed by atoms with Crippen molar-refractivity contribution in [3.05, 3.63) is 29.8 Å². The van der Waals surface area contributed by atoms with Gasteiger partial charge in [-0.2, -0.15) is 0 Å². The van der Waals surface area contributed by atoms with Crippen LogP contribution in [0.5, 0.6) is 0 Å². The first kappa shape index (κ1) is 21.4. The Morgan fingerprint density at radius 3 is 2.33 bits per heavy atom. The first-order valence-electron chi connectivity index (χ1n) is 9.72. The van der Waals surface area contributed by atoms with Gasteiger partial charge in [-0.05, 0) is 36.5 Å². The van der Waals surface area contributed by atoms with E-state index in [1.807, 2.05) is 6.92 Å². The van der Waals surface area contributed by atoms with E-state index in [1.165, 1.54) is 19.9 Å². The van der Waals surface area contributed by atoms with Gasteiger partial charge in [-0.1, -0.05) is 51.2 Å². The lowest BCUT2D eigenvalue weighted by molar-refractivity contribution is -0.121. The number of nitrogens with one attached hydrogen (secondary N) is 2. The van der Waals surface area contributed by atoms with Crippen molar-refractivity contribution in [2.75, 3.05) is 12.8 Å². The average Bonchev–Trinajstić information content (AvgIpc) is 3.17. The zero-order chi connectivity index (χ0) is 19.9. The Morgan fingerprint density at radius 2 is 1.78 bits per heavy atom. The molecule has 0 radical (unpaired) electrons. The highest BCUT2D eigenvalue weighted by Gasteiger charge is 2.28. The minimum Gasteiger partial charge on any atom is -0.341 e. The summed E-state index contributed by atoms with van der Waals surface area (Å²) in [4.78, 5) is 24.5. The van der Waals surface area contributed by atoms with Crippen molar-refractivity contribution in [3.63, 3.8) is 0 Å². The van der Waals surface area contributed by atoms with Gasteiger partial charge in [0.05, 0.1) is 16.6 Å². The van der Waals surface area contributed by atoms with Crippen molar-refractivity contribution in [1.29, 1.82) is 0 Å². The molecule has 1 aromatic rings. The maximum atomic E-state index is 12.6. The largest absolute Gasteiger partial charge is 0.341 e. The second-order valence-electron chi connectivity index (χ2n) is 7.25. The molecule has 0 saturated heterocycles. The van der Waals surface area contributed by atoms with Crippen LogP contribution < -0.4 is 10.6 Å². The maximum absolute atomic E-state index is 12.6. The van der Waals surface area contributed by atoms with E-state index in [9.17, 15) is 18.0 Å². The third-order valence-corrected chi connectivity index (χ3v) is 7.05. The number of urea groups is 1. The molecule has 1 unspecified atom stereocenters. The predicted octanol–water partition coefficient (Wildman–Crippen LogP) is 3.38. The lowest BCUT2D eigenvalue weighted by atomic mass is 9.87. The monoisotopic (exact) mass is 394 g/mol. The Labute approximate surface area is 162 Å². The van der Waals surface area contributed by atoms with Crippen LogP contribution in [0.2, 0.25) is 0 Å². The standard InChI is InChI=1S/C20H30N2O4S/c1-3-4-13-27(25,26)17-11-9-16(10-12-17)18(14-15-7-5-6-8-15)19(23)22-20(24)21-2/h9-12,15,18H,3-8,13-14H2,1-2H3,(H2,21,22,23,24). The van der Waals surface area contributed by atoms with Gasteiger partial charge in [0.1, 0.15) is 0 Å². The van der Waals surface area contributed by atoms with Crippen LogP contribution in [0.3, 0.4) is 0 Å². The molecule has 1 saturated carbocycles. The molecule has 1 fully saturated rings. The van der Waals surface area contributed by atoms with Gasteiger partial charge >= 0.3 is 6.03 Å². The topological polar surface area (TPSA) is 92.3 Å². The highest BCUT2D eigenvalue weighted by atomic mass is 32.2. The first-order valence-corrected chi connectivity index (χ1v) is 11.4. The number of benzene rings is 1. The van der Waals surface area contributed by atoms with Crippen LogP contribution >= 0.6 is 0 Å². The molecule has 2 rings (SSSR count). The van der Waals surface area contributed by atoms with Crippen molar-refractivity contribution in [1.82, 2.24) is 10.6 Å². The van der Waals surface area contributed by atoms with Crippen LogP contribution in [0.1, 0.15) is 63.4 Å². The summed E-state index contributed by atoms with van der Waals surface area (Å²) in [5.41, 5.74) is 0.748. The average molecular weight is 395 g/mol. The summed E-state index contributed by atoms with van der Waals surface area (Å²) in [6.07, 6.45) is 6.64. The molecule has 1 aliphatic carbocycles. The smallest absolute Gasteiger partial charge is 0.321 e. The predicted molar refractivity (Wildman–Crippen MR) is 105 cm³/mol. The fraction of sp³-hybridized carbons (Fsp3) is 0.600. The van der Waals surface area contributed by atoms with Gasteiger partial charge in [0.15, 0.2) is 9.84 Å². The summed E-state index contributed by atoms with van der Waals surface area (Å²) in [6.45, 7) is 1.96. The lowest BCUT2D eigenvalue weighted by Crippen LogP contribution is -2.40. The number of sulfone groups is 1. The second-order valence-corrected chi connectivity index (χ2v) is 9.36. The zero-order valence-electron chi connectivity index (χ0n) is 16.2. The van der Waals surface area contributed by atoms with E-state index >= 15 is 0 Å². The van der Waals surface area contributed by atoms with E-state index < -0.39 is 21.8 Å². The number of unbranched alkanes of at least 4 members (excludes halogenated alkanes) is 1. The Kier molecular flexibility index (Phi) is 7.83. The summed E-state index contributed by atoms with van der Waals surface area (Å²) >= 11 is 0. The zero-order valence-corrected chi connectivity index (χ0v) is 17.0. The molecule has 2 N–H and O–H groups in total. The Bertz CT molecular complexity index is 738. The number of carbonyl (C=O) groups excluding carboxylic acids is 2. The van der Waals surface area contributed by atoms with E-state index in [1.54, 1.807) is 24.3 Å². The molecule has 0 heterocycles. The molecule has 3 amide bonds. The van der Waals surface area contributed by atoms with Crippen LogP contribution in [0, 0.1) is 5.92 Å². The van der Waals surface area contributed by atoms with Crippen LogP contribution in [0.15, 0.2) is 29.2 Å². The molecule has 150 valence electrons. The van der Waals surface area contributed by atoms with Crippen LogP contribution in [-0.2, 0) is 14.6 Å². The number of carbonyl (C=O) groups is 2. The molecule has 0 aliphatic heterocycles. The Hall–Kier alpha value is -1.89. The second kappa shape index (κ2) is 9.88. The van der Waals surface area contributed by atoms with Gasteiger partial charge in [-0.3, -0.25) is 10.1 Å². The SMILES string of the molecule is CCCCS(=O)(=O)c1ccc(C(CC2CCCC2)C(=O)NC(=O)NC)cc1. The van der Waals surface area contributed by atoms with Gasteiger partial charge in [0.25, 0.3) is 0 Å². The van der Waals surface area contributed by atoms with Gasteiger partial charge in [-0.25, -0.2) is 13.2 Å².